The largest absolute Gasteiger partial charge is 0.332 e. The maximum Gasteiger partial charge on any atom is 0.332 e. The molecule has 4 rings (SSSR count). The highest BCUT2D eigenvalue weighted by Crippen LogP contribution is 2.26. The van der Waals surface area contributed by atoms with Crippen LogP contribution in [0.3, 0.4) is 0 Å². The minimum absolute atomic E-state index is 0.0415. The number of likely N-dealkylation sites (tertiary alicyclic amines) is 1. The van der Waals surface area contributed by atoms with Gasteiger partial charge in [0, 0.05) is 19.1 Å². The van der Waals surface area contributed by atoms with Gasteiger partial charge in [0.15, 0.2) is 0 Å². The Morgan fingerprint density at radius 1 is 0.966 bits per heavy atom. The molecule has 0 radical (unpaired) electrons. The third kappa shape index (κ3) is 3.78. The number of nitrogens with one attached hydrogen (secondary N) is 1. The molecule has 0 aromatic heterocycles. The van der Waals surface area contributed by atoms with Crippen LogP contribution < -0.4 is 10.2 Å². The smallest absolute Gasteiger partial charge is 0.324 e. The number of benzene rings is 2. The Labute approximate surface area is 167 Å². The third-order valence-corrected chi connectivity index (χ3v) is 5.31. The van der Waals surface area contributed by atoms with Gasteiger partial charge in [0.25, 0.3) is 5.91 Å². The first-order valence-corrected chi connectivity index (χ1v) is 9.53. The van der Waals surface area contributed by atoms with Gasteiger partial charge < -0.3 is 15.1 Å². The molecule has 1 N–H and O–H groups in total. The predicted octanol–water partition coefficient (Wildman–Crippen LogP) is 3.29. The molecule has 5 amide bonds. The highest BCUT2D eigenvalue weighted by molar-refractivity contribution is 6.19. The predicted molar refractivity (Wildman–Crippen MR) is 106 cm³/mol. The third-order valence-electron chi connectivity index (χ3n) is 5.31. The van der Waals surface area contributed by atoms with Crippen LogP contribution in [-0.2, 0) is 4.79 Å². The summed E-state index contributed by atoms with van der Waals surface area (Å²) in [6.45, 7) is 0.891. The number of hydrogen-bond donors (Lipinski definition) is 1. The van der Waals surface area contributed by atoms with Gasteiger partial charge in [0.2, 0.25) is 0 Å². The molecule has 0 aliphatic carbocycles. The first-order valence-electron chi connectivity index (χ1n) is 9.53. The van der Waals surface area contributed by atoms with Gasteiger partial charge in [0.1, 0.15) is 12.4 Å². The molecule has 0 saturated carbocycles. The van der Waals surface area contributed by atoms with E-state index in [1.54, 1.807) is 46.2 Å². The van der Waals surface area contributed by atoms with Crippen molar-refractivity contribution >= 4 is 29.3 Å². The van der Waals surface area contributed by atoms with Gasteiger partial charge in [-0.25, -0.2) is 18.9 Å². The molecule has 2 aliphatic heterocycles. The monoisotopic (exact) mass is 396 g/mol. The zero-order valence-electron chi connectivity index (χ0n) is 15.8. The number of carbonyl (C=O) groups excluding carboxylic acids is 3. The quantitative estimate of drug-likeness (QED) is 0.810. The van der Waals surface area contributed by atoms with E-state index in [0.717, 1.165) is 0 Å². The summed E-state index contributed by atoms with van der Waals surface area (Å²) in [5.41, 5.74) is 0.699. The van der Waals surface area contributed by atoms with Crippen LogP contribution in [0.4, 0.5) is 25.4 Å². The number of nitrogens with zero attached hydrogens (tertiary/aromatic N) is 3. The molecule has 0 spiro atoms. The first-order chi connectivity index (χ1) is 14.0. The Hall–Kier alpha value is -3.42. The Bertz CT molecular complexity index is 929. The maximum absolute atomic E-state index is 13.7. The number of urea groups is 2. The van der Waals surface area contributed by atoms with E-state index in [1.165, 1.54) is 17.0 Å². The van der Waals surface area contributed by atoms with Crippen molar-refractivity contribution in [3.63, 3.8) is 0 Å². The van der Waals surface area contributed by atoms with Crippen molar-refractivity contribution in [2.24, 2.45) is 0 Å². The van der Waals surface area contributed by atoms with Crippen molar-refractivity contribution in [1.29, 1.82) is 0 Å². The summed E-state index contributed by atoms with van der Waals surface area (Å²) in [6, 6.07) is 14.1. The Balaban J connectivity index is 1.36. The van der Waals surface area contributed by atoms with E-state index in [1.807, 2.05) is 6.07 Å². The molecule has 0 bridgehead atoms. The summed E-state index contributed by atoms with van der Waals surface area (Å²) in [5, 5.41) is 2.58. The fraction of sp³-hybridized carbons (Fsp3) is 0.286. The lowest BCUT2D eigenvalue weighted by Crippen LogP contribution is -2.49. The second-order valence-corrected chi connectivity index (χ2v) is 7.10. The molecule has 7 nitrogen and oxygen atoms in total. The summed E-state index contributed by atoms with van der Waals surface area (Å²) in [5.74, 6) is -0.737. The summed E-state index contributed by atoms with van der Waals surface area (Å²) in [4.78, 5) is 42.0. The van der Waals surface area contributed by atoms with Crippen LogP contribution in [0.5, 0.6) is 0 Å². The average Bonchev–Trinajstić information content (AvgIpc) is 3.04. The van der Waals surface area contributed by atoms with E-state index in [0.29, 0.717) is 31.6 Å². The van der Waals surface area contributed by atoms with Gasteiger partial charge in [-0.3, -0.25) is 4.79 Å². The van der Waals surface area contributed by atoms with E-state index in [2.05, 4.69) is 5.32 Å². The zero-order chi connectivity index (χ0) is 20.4. The van der Waals surface area contributed by atoms with E-state index in [4.69, 9.17) is 0 Å². The van der Waals surface area contributed by atoms with Crippen molar-refractivity contribution in [2.75, 3.05) is 29.9 Å². The van der Waals surface area contributed by atoms with Crippen LogP contribution in [0.25, 0.3) is 0 Å². The van der Waals surface area contributed by atoms with Gasteiger partial charge in [-0.05, 0) is 37.1 Å². The number of carbonyl (C=O) groups is 3. The second-order valence-electron chi connectivity index (χ2n) is 7.10. The fourth-order valence-electron chi connectivity index (χ4n) is 3.77. The van der Waals surface area contributed by atoms with Crippen LogP contribution in [0.1, 0.15) is 12.8 Å². The number of amides is 5. The fourth-order valence-corrected chi connectivity index (χ4v) is 3.77. The summed E-state index contributed by atoms with van der Waals surface area (Å²) in [7, 11) is 0. The van der Waals surface area contributed by atoms with Crippen LogP contribution in [0, 0.1) is 5.82 Å². The maximum atomic E-state index is 13.7. The van der Waals surface area contributed by atoms with Crippen molar-refractivity contribution in [1.82, 2.24) is 9.80 Å². The summed E-state index contributed by atoms with van der Waals surface area (Å²) in [6.07, 6.45) is 1.12. The van der Waals surface area contributed by atoms with E-state index in [-0.39, 0.29) is 36.2 Å². The second kappa shape index (κ2) is 7.90. The Kier molecular flexibility index (Phi) is 5.16. The molecule has 0 atom stereocenters. The molecule has 2 fully saturated rings. The number of piperidine rings is 1. The van der Waals surface area contributed by atoms with Gasteiger partial charge in [-0.15, -0.1) is 0 Å². The average molecular weight is 396 g/mol. The number of rotatable bonds is 3. The normalized spacial score (nSPS) is 17.8. The lowest BCUT2D eigenvalue weighted by Gasteiger charge is -2.36. The molecule has 0 unspecified atom stereocenters. The topological polar surface area (TPSA) is 73.0 Å². The van der Waals surface area contributed by atoms with Gasteiger partial charge in [-0.2, -0.15) is 0 Å². The van der Waals surface area contributed by atoms with Crippen molar-refractivity contribution in [3.8, 4) is 0 Å². The molecule has 150 valence electrons. The lowest BCUT2D eigenvalue weighted by molar-refractivity contribution is -0.116. The number of anilines is 2. The first kappa shape index (κ1) is 18.9. The van der Waals surface area contributed by atoms with Crippen LogP contribution in [-0.4, -0.2) is 53.4 Å². The summed E-state index contributed by atoms with van der Waals surface area (Å²) >= 11 is 0. The van der Waals surface area contributed by atoms with E-state index >= 15 is 0 Å². The molecular formula is C21H21FN4O3. The number of imide groups is 1. The van der Waals surface area contributed by atoms with Gasteiger partial charge in [0.05, 0.1) is 11.4 Å². The van der Waals surface area contributed by atoms with Crippen molar-refractivity contribution in [3.05, 3.63) is 60.4 Å². The van der Waals surface area contributed by atoms with Crippen LogP contribution >= 0.6 is 0 Å². The van der Waals surface area contributed by atoms with E-state index < -0.39 is 5.82 Å². The van der Waals surface area contributed by atoms with Crippen molar-refractivity contribution < 1.29 is 18.8 Å². The highest BCUT2D eigenvalue weighted by Gasteiger charge is 2.41. The zero-order valence-corrected chi connectivity index (χ0v) is 15.8. The van der Waals surface area contributed by atoms with Crippen molar-refractivity contribution in [2.45, 2.75) is 18.9 Å². The van der Waals surface area contributed by atoms with Crippen LogP contribution in [0.15, 0.2) is 54.6 Å². The molecule has 2 aromatic rings. The Morgan fingerprint density at radius 3 is 2.31 bits per heavy atom. The SMILES string of the molecule is O=C(Nc1ccccc1F)N1CCC(N2CC(=O)N(c3ccccc3)C2=O)CC1. The number of halogens is 1. The standard InChI is InChI=1S/C21H21FN4O3/c22-17-8-4-5-9-18(17)23-20(28)24-12-10-15(11-13-24)25-14-19(27)26(21(25)29)16-6-2-1-3-7-16/h1-9,15H,10-14H2,(H,23,28). The Morgan fingerprint density at radius 2 is 1.62 bits per heavy atom. The van der Waals surface area contributed by atoms with E-state index in [9.17, 15) is 18.8 Å². The minimum atomic E-state index is -0.488. The van der Waals surface area contributed by atoms with Gasteiger partial charge in [-0.1, -0.05) is 30.3 Å². The minimum Gasteiger partial charge on any atom is -0.324 e. The summed E-state index contributed by atoms with van der Waals surface area (Å²) < 4.78 is 13.7. The molecule has 2 aromatic carbocycles. The molecule has 2 heterocycles. The lowest BCUT2D eigenvalue weighted by atomic mass is 10.0. The van der Waals surface area contributed by atoms with Gasteiger partial charge >= 0.3 is 12.1 Å². The molecule has 8 heteroatoms. The molecule has 29 heavy (non-hydrogen) atoms. The number of para-hydroxylation sites is 2. The number of hydrogen-bond acceptors (Lipinski definition) is 3. The molecular weight excluding hydrogens is 375 g/mol. The van der Waals surface area contributed by atoms with Crippen LogP contribution in [0.2, 0.25) is 0 Å². The highest BCUT2D eigenvalue weighted by atomic mass is 19.1. The molecule has 2 saturated heterocycles. The molecule has 2 aliphatic rings.